The topological polar surface area (TPSA) is 64.4 Å². The zero-order valence-electron chi connectivity index (χ0n) is 12.3. The maximum Gasteiger partial charge on any atom is 0.249 e. The molecular formula is C17H21ClN2O2. The smallest absolute Gasteiger partial charge is 0.249 e. The molecule has 0 bridgehead atoms. The van der Waals surface area contributed by atoms with Gasteiger partial charge in [-0.2, -0.15) is 0 Å². The molecule has 2 atom stereocenters. The number of fused-ring (bicyclic) bond motifs is 1. The average Bonchev–Trinajstić information content (AvgIpc) is 3.01. The first kappa shape index (κ1) is 16.7. The van der Waals surface area contributed by atoms with E-state index in [9.17, 15) is 4.79 Å². The van der Waals surface area contributed by atoms with Gasteiger partial charge in [0.25, 0.3) is 0 Å². The van der Waals surface area contributed by atoms with Gasteiger partial charge in [-0.1, -0.05) is 42.5 Å². The Morgan fingerprint density at radius 1 is 1.18 bits per heavy atom. The monoisotopic (exact) mass is 320 g/mol. The van der Waals surface area contributed by atoms with Gasteiger partial charge in [-0.15, -0.1) is 12.4 Å². The van der Waals surface area contributed by atoms with Crippen LogP contribution < -0.4 is 11.1 Å². The lowest BCUT2D eigenvalue weighted by molar-refractivity contribution is -0.132. The number of ether oxygens (including phenoxy) is 1. The van der Waals surface area contributed by atoms with Crippen LogP contribution in [-0.4, -0.2) is 24.7 Å². The van der Waals surface area contributed by atoms with Crippen LogP contribution in [0.15, 0.2) is 42.5 Å². The first-order valence-electron chi connectivity index (χ1n) is 7.38. The quantitative estimate of drug-likeness (QED) is 0.909. The minimum atomic E-state index is -0.353. The van der Waals surface area contributed by atoms with Crippen molar-refractivity contribution in [1.29, 1.82) is 0 Å². The largest absolute Gasteiger partial charge is 0.364 e. The summed E-state index contributed by atoms with van der Waals surface area (Å²) >= 11 is 0. The SMILES string of the molecule is Cl.NC[C@H]1CC[C@@H](C(=O)NCc2cccc3ccccc23)O1. The van der Waals surface area contributed by atoms with Crippen molar-refractivity contribution in [2.24, 2.45) is 5.73 Å². The number of nitrogens with one attached hydrogen (secondary N) is 1. The van der Waals surface area contributed by atoms with Crippen molar-refractivity contribution in [3.05, 3.63) is 48.0 Å². The van der Waals surface area contributed by atoms with Gasteiger partial charge in [0, 0.05) is 13.1 Å². The van der Waals surface area contributed by atoms with Gasteiger partial charge in [-0.3, -0.25) is 4.79 Å². The van der Waals surface area contributed by atoms with E-state index in [2.05, 4.69) is 23.5 Å². The minimum absolute atomic E-state index is 0. The molecule has 0 aliphatic carbocycles. The zero-order chi connectivity index (χ0) is 14.7. The third-order valence-corrected chi connectivity index (χ3v) is 4.00. The van der Waals surface area contributed by atoms with Gasteiger partial charge in [0.2, 0.25) is 5.91 Å². The Morgan fingerprint density at radius 2 is 1.95 bits per heavy atom. The second kappa shape index (κ2) is 7.58. The molecule has 1 aliphatic rings. The molecule has 0 spiro atoms. The van der Waals surface area contributed by atoms with Crippen molar-refractivity contribution in [2.45, 2.75) is 31.6 Å². The maximum absolute atomic E-state index is 12.1. The second-order valence-electron chi connectivity index (χ2n) is 5.42. The number of rotatable bonds is 4. The van der Waals surface area contributed by atoms with Gasteiger partial charge >= 0.3 is 0 Å². The van der Waals surface area contributed by atoms with Crippen LogP contribution in [0.25, 0.3) is 10.8 Å². The summed E-state index contributed by atoms with van der Waals surface area (Å²) in [6.45, 7) is 1.00. The molecule has 0 aromatic heterocycles. The highest BCUT2D eigenvalue weighted by Gasteiger charge is 2.29. The molecule has 0 saturated carbocycles. The van der Waals surface area contributed by atoms with Gasteiger partial charge < -0.3 is 15.8 Å². The van der Waals surface area contributed by atoms with Crippen LogP contribution in [0, 0.1) is 0 Å². The third-order valence-electron chi connectivity index (χ3n) is 4.00. The summed E-state index contributed by atoms with van der Waals surface area (Å²) in [4.78, 5) is 12.1. The van der Waals surface area contributed by atoms with E-state index in [0.717, 1.165) is 18.4 Å². The van der Waals surface area contributed by atoms with Crippen molar-refractivity contribution in [1.82, 2.24) is 5.32 Å². The van der Waals surface area contributed by atoms with E-state index in [1.54, 1.807) is 0 Å². The first-order chi connectivity index (χ1) is 10.3. The standard InChI is InChI=1S/C17H20N2O2.ClH/c18-10-14-8-9-16(21-14)17(20)19-11-13-6-3-5-12-4-1-2-7-15(12)13;/h1-7,14,16H,8-11,18H2,(H,19,20);1H/t14-,16+;/m1./s1. The molecule has 3 rings (SSSR count). The Morgan fingerprint density at radius 3 is 2.73 bits per heavy atom. The fraction of sp³-hybridized carbons (Fsp3) is 0.353. The van der Waals surface area contributed by atoms with Crippen molar-refractivity contribution in [3.8, 4) is 0 Å². The predicted molar refractivity (Wildman–Crippen MR) is 90.0 cm³/mol. The molecule has 2 aromatic carbocycles. The summed E-state index contributed by atoms with van der Waals surface area (Å²) in [6, 6.07) is 14.3. The van der Waals surface area contributed by atoms with Gasteiger partial charge in [0.05, 0.1) is 6.10 Å². The number of hydrogen-bond donors (Lipinski definition) is 2. The summed E-state index contributed by atoms with van der Waals surface area (Å²) in [5, 5.41) is 5.33. The van der Waals surface area contributed by atoms with Crippen LogP contribution in [0.2, 0.25) is 0 Å². The Hall–Kier alpha value is -1.62. The van der Waals surface area contributed by atoms with Crippen molar-refractivity contribution in [2.75, 3.05) is 6.54 Å². The number of halogens is 1. The second-order valence-corrected chi connectivity index (χ2v) is 5.42. The van der Waals surface area contributed by atoms with E-state index in [1.165, 1.54) is 10.8 Å². The van der Waals surface area contributed by atoms with Crippen molar-refractivity contribution >= 4 is 29.1 Å². The summed E-state index contributed by atoms with van der Waals surface area (Å²) in [7, 11) is 0. The molecule has 1 aliphatic heterocycles. The maximum atomic E-state index is 12.1. The lowest BCUT2D eigenvalue weighted by Gasteiger charge is -2.13. The molecule has 1 heterocycles. The normalized spacial score (nSPS) is 20.6. The van der Waals surface area contributed by atoms with Crippen LogP contribution in [0.1, 0.15) is 18.4 Å². The molecule has 2 aromatic rings. The summed E-state index contributed by atoms with van der Waals surface area (Å²) in [5.74, 6) is -0.0427. The first-order valence-corrected chi connectivity index (χ1v) is 7.38. The molecule has 0 radical (unpaired) electrons. The Balaban J connectivity index is 0.00000176. The van der Waals surface area contributed by atoms with Gasteiger partial charge in [0.1, 0.15) is 6.10 Å². The number of benzene rings is 2. The lowest BCUT2D eigenvalue weighted by atomic mass is 10.0. The number of nitrogens with two attached hydrogens (primary N) is 1. The van der Waals surface area contributed by atoms with Crippen LogP contribution in [0.4, 0.5) is 0 Å². The van der Waals surface area contributed by atoms with E-state index >= 15 is 0 Å². The highest BCUT2D eigenvalue weighted by Crippen LogP contribution is 2.20. The van der Waals surface area contributed by atoms with E-state index in [0.29, 0.717) is 13.1 Å². The molecule has 4 nitrogen and oxygen atoms in total. The number of amides is 1. The number of hydrogen-bond acceptors (Lipinski definition) is 3. The van der Waals surface area contributed by atoms with Crippen LogP contribution in [-0.2, 0) is 16.1 Å². The molecule has 1 fully saturated rings. The van der Waals surface area contributed by atoms with Crippen molar-refractivity contribution < 1.29 is 9.53 Å². The average molecular weight is 321 g/mol. The van der Waals surface area contributed by atoms with Gasteiger partial charge in [-0.25, -0.2) is 0 Å². The highest BCUT2D eigenvalue weighted by molar-refractivity contribution is 5.86. The fourth-order valence-corrected chi connectivity index (χ4v) is 2.81. The zero-order valence-corrected chi connectivity index (χ0v) is 13.1. The lowest BCUT2D eigenvalue weighted by Crippen LogP contribution is -2.35. The van der Waals surface area contributed by atoms with E-state index in [4.69, 9.17) is 10.5 Å². The molecule has 118 valence electrons. The summed E-state index contributed by atoms with van der Waals surface area (Å²) in [5.41, 5.74) is 6.69. The third kappa shape index (κ3) is 3.58. The molecular weight excluding hydrogens is 300 g/mol. The molecule has 3 N–H and O–H groups in total. The number of carbonyl (C=O) groups excluding carboxylic acids is 1. The Labute approximate surface area is 136 Å². The van der Waals surface area contributed by atoms with Crippen molar-refractivity contribution in [3.63, 3.8) is 0 Å². The predicted octanol–water partition coefficient (Wildman–Crippen LogP) is 2.38. The summed E-state index contributed by atoms with van der Waals surface area (Å²) < 4.78 is 5.61. The Bertz CT molecular complexity index is 642. The van der Waals surface area contributed by atoms with E-state index in [1.807, 2.05) is 24.3 Å². The molecule has 1 amide bonds. The van der Waals surface area contributed by atoms with Gasteiger partial charge in [0.15, 0.2) is 0 Å². The Kier molecular flexibility index (Phi) is 5.77. The molecule has 22 heavy (non-hydrogen) atoms. The molecule has 0 unspecified atom stereocenters. The number of carbonyl (C=O) groups is 1. The molecule has 1 saturated heterocycles. The fourth-order valence-electron chi connectivity index (χ4n) is 2.81. The van der Waals surface area contributed by atoms with Crippen LogP contribution >= 0.6 is 12.4 Å². The van der Waals surface area contributed by atoms with E-state index < -0.39 is 0 Å². The molecule has 5 heteroatoms. The minimum Gasteiger partial charge on any atom is -0.364 e. The highest BCUT2D eigenvalue weighted by atomic mass is 35.5. The van der Waals surface area contributed by atoms with Gasteiger partial charge in [-0.05, 0) is 29.2 Å². The van der Waals surface area contributed by atoms with E-state index in [-0.39, 0.29) is 30.5 Å². The van der Waals surface area contributed by atoms with Crippen LogP contribution in [0.5, 0.6) is 0 Å². The van der Waals surface area contributed by atoms with Crippen LogP contribution in [0.3, 0.4) is 0 Å². The summed E-state index contributed by atoms with van der Waals surface area (Å²) in [6.07, 6.45) is 1.29.